The van der Waals surface area contributed by atoms with E-state index >= 15 is 4.39 Å². The van der Waals surface area contributed by atoms with Crippen LogP contribution in [0.2, 0.25) is 5.02 Å². The van der Waals surface area contributed by atoms with E-state index in [0.29, 0.717) is 35.3 Å². The quantitative estimate of drug-likeness (QED) is 0.705. The molecule has 0 atom stereocenters. The predicted molar refractivity (Wildman–Crippen MR) is 109 cm³/mol. The number of fused-ring (bicyclic) bond motifs is 1. The van der Waals surface area contributed by atoms with Crippen molar-refractivity contribution < 1.29 is 19.1 Å². The van der Waals surface area contributed by atoms with Crippen LogP contribution in [0.25, 0.3) is 11.1 Å². The molecule has 1 saturated carbocycles. The topological polar surface area (TPSA) is 120 Å². The number of pyridine rings is 1. The van der Waals surface area contributed by atoms with Crippen molar-refractivity contribution in [1.29, 1.82) is 5.26 Å². The van der Waals surface area contributed by atoms with E-state index in [1.165, 1.54) is 0 Å². The van der Waals surface area contributed by atoms with Gasteiger partial charge in [-0.25, -0.2) is 9.37 Å². The number of benzene rings is 1. The van der Waals surface area contributed by atoms with Crippen LogP contribution in [0.3, 0.4) is 0 Å². The van der Waals surface area contributed by atoms with E-state index in [-0.39, 0.29) is 46.8 Å². The van der Waals surface area contributed by atoms with E-state index in [1.807, 2.05) is 6.07 Å². The van der Waals surface area contributed by atoms with E-state index in [2.05, 4.69) is 4.98 Å². The van der Waals surface area contributed by atoms with Crippen LogP contribution in [0.4, 0.5) is 10.2 Å². The van der Waals surface area contributed by atoms with Crippen LogP contribution in [0.5, 0.6) is 0 Å². The van der Waals surface area contributed by atoms with Gasteiger partial charge in [0, 0.05) is 42.1 Å². The molecule has 2 heterocycles. The summed E-state index contributed by atoms with van der Waals surface area (Å²) in [6.45, 7) is 2.22. The van der Waals surface area contributed by atoms with Crippen molar-refractivity contribution in [3.63, 3.8) is 0 Å². The zero-order valence-corrected chi connectivity index (χ0v) is 17.0. The minimum absolute atomic E-state index is 0.0604. The predicted octanol–water partition coefficient (Wildman–Crippen LogP) is 3.30. The first-order valence-electron chi connectivity index (χ1n) is 9.36. The Morgan fingerprint density at radius 2 is 2.10 bits per heavy atom. The summed E-state index contributed by atoms with van der Waals surface area (Å²) < 4.78 is 15.0. The van der Waals surface area contributed by atoms with Crippen LogP contribution in [-0.4, -0.2) is 33.9 Å². The molecule has 2 aromatic rings. The van der Waals surface area contributed by atoms with Crippen molar-refractivity contribution >= 4 is 29.8 Å². The van der Waals surface area contributed by atoms with E-state index in [1.54, 1.807) is 24.0 Å². The second kappa shape index (κ2) is 8.67. The zero-order chi connectivity index (χ0) is 22.0. The molecule has 0 radical (unpaired) electrons. The number of nitrogens with zero attached hydrogens (tertiary/aromatic N) is 3. The fourth-order valence-corrected chi connectivity index (χ4v) is 3.87. The third-order valence-corrected chi connectivity index (χ3v) is 5.58. The SMILES string of the molecule is Cc1ccc(Cl)c(-c2c(C#N)c(N)nc3c2CN(C(=O)C2CC2)CC3)c1F.O=CO. The Morgan fingerprint density at radius 1 is 1.43 bits per heavy atom. The Hall–Kier alpha value is -3.18. The molecule has 2 aliphatic rings. The number of aromatic nitrogens is 1. The van der Waals surface area contributed by atoms with E-state index in [4.69, 9.17) is 27.2 Å². The smallest absolute Gasteiger partial charge is 0.290 e. The summed E-state index contributed by atoms with van der Waals surface area (Å²) in [5.41, 5.74) is 8.39. The number of nitrogen functional groups attached to an aromatic ring is 1. The maximum absolute atomic E-state index is 15.0. The fourth-order valence-electron chi connectivity index (χ4n) is 3.63. The minimum Gasteiger partial charge on any atom is -0.483 e. The number of carboxylic acid groups (broad SMARTS) is 1. The summed E-state index contributed by atoms with van der Waals surface area (Å²) in [4.78, 5) is 27.0. The maximum Gasteiger partial charge on any atom is 0.290 e. The largest absolute Gasteiger partial charge is 0.483 e. The molecule has 7 nitrogen and oxygen atoms in total. The summed E-state index contributed by atoms with van der Waals surface area (Å²) in [5.74, 6) is -0.230. The van der Waals surface area contributed by atoms with Crippen molar-refractivity contribution in [2.75, 3.05) is 12.3 Å². The van der Waals surface area contributed by atoms with Crippen LogP contribution >= 0.6 is 11.6 Å². The summed E-state index contributed by atoms with van der Waals surface area (Å²) >= 11 is 6.33. The molecule has 4 rings (SSSR count). The highest BCUT2D eigenvalue weighted by Crippen LogP contribution is 2.41. The van der Waals surface area contributed by atoms with Gasteiger partial charge in [0.05, 0.1) is 10.7 Å². The average Bonchev–Trinajstić information content (AvgIpc) is 3.56. The number of aryl methyl sites for hydroxylation is 1. The molecule has 9 heteroatoms. The third-order valence-electron chi connectivity index (χ3n) is 5.26. The molecule has 0 saturated heterocycles. The van der Waals surface area contributed by atoms with Gasteiger partial charge in [0.25, 0.3) is 6.47 Å². The van der Waals surface area contributed by atoms with Crippen LogP contribution in [0.1, 0.15) is 35.2 Å². The van der Waals surface area contributed by atoms with Crippen molar-refractivity contribution in [3.05, 3.63) is 45.4 Å². The van der Waals surface area contributed by atoms with Gasteiger partial charge in [-0.15, -0.1) is 0 Å². The summed E-state index contributed by atoms with van der Waals surface area (Å²) in [5, 5.41) is 16.8. The Labute approximate surface area is 177 Å². The van der Waals surface area contributed by atoms with Gasteiger partial charge in [0.15, 0.2) is 0 Å². The Morgan fingerprint density at radius 3 is 2.70 bits per heavy atom. The summed E-state index contributed by atoms with van der Waals surface area (Å²) in [6, 6.07) is 5.25. The second-order valence-corrected chi connectivity index (χ2v) is 7.63. The lowest BCUT2D eigenvalue weighted by Crippen LogP contribution is -2.37. The standard InChI is InChI=1S/C20H18ClFN4O.CH2O2/c1-10-2-5-14(21)17(18(10)22)16-12(8-23)19(24)25-15-6-7-26(9-13(15)16)20(27)11-3-4-11;2-1-3/h2,5,11H,3-4,6-7,9H2,1H3,(H2,24,25);1H,(H,2,3). The molecule has 0 bridgehead atoms. The van der Waals surface area contributed by atoms with Crippen molar-refractivity contribution in [3.8, 4) is 17.2 Å². The number of halogens is 2. The molecule has 3 N–H and O–H groups in total. The molecule has 30 heavy (non-hydrogen) atoms. The lowest BCUT2D eigenvalue weighted by molar-refractivity contribution is -0.133. The highest BCUT2D eigenvalue weighted by atomic mass is 35.5. The highest BCUT2D eigenvalue weighted by molar-refractivity contribution is 6.33. The molecule has 0 unspecified atom stereocenters. The summed E-state index contributed by atoms with van der Waals surface area (Å²) in [7, 11) is 0. The van der Waals surface area contributed by atoms with E-state index in [0.717, 1.165) is 12.8 Å². The first-order chi connectivity index (χ1) is 14.3. The van der Waals surface area contributed by atoms with Crippen molar-refractivity contribution in [2.24, 2.45) is 5.92 Å². The van der Waals surface area contributed by atoms with Crippen LogP contribution in [0.15, 0.2) is 12.1 Å². The van der Waals surface area contributed by atoms with E-state index < -0.39 is 5.82 Å². The van der Waals surface area contributed by atoms with Gasteiger partial charge < -0.3 is 15.7 Å². The fraction of sp³-hybridized carbons (Fsp3) is 0.333. The normalized spacial score (nSPS) is 14.8. The molecule has 1 amide bonds. The van der Waals surface area contributed by atoms with Crippen molar-refractivity contribution in [1.82, 2.24) is 9.88 Å². The lowest BCUT2D eigenvalue weighted by atomic mass is 9.90. The first-order valence-corrected chi connectivity index (χ1v) is 9.74. The number of amides is 1. The number of carbonyl (C=O) groups excluding carboxylic acids is 1. The van der Waals surface area contributed by atoms with Gasteiger partial charge in [-0.05, 0) is 31.4 Å². The number of hydrogen-bond donors (Lipinski definition) is 2. The molecular weight excluding hydrogens is 411 g/mol. The zero-order valence-electron chi connectivity index (χ0n) is 16.3. The number of nitriles is 1. The molecule has 1 aliphatic heterocycles. The minimum atomic E-state index is -0.488. The number of rotatable bonds is 2. The second-order valence-electron chi connectivity index (χ2n) is 7.23. The highest BCUT2D eigenvalue weighted by Gasteiger charge is 2.36. The molecular formula is C21H20ClFN4O3. The Balaban J connectivity index is 0.000000806. The Kier molecular flexibility index (Phi) is 6.22. The first kappa shape index (κ1) is 21.5. The average molecular weight is 431 g/mol. The monoisotopic (exact) mass is 430 g/mol. The van der Waals surface area contributed by atoms with E-state index in [9.17, 15) is 10.1 Å². The molecule has 156 valence electrons. The molecule has 1 aromatic heterocycles. The van der Waals surface area contributed by atoms with Gasteiger partial charge >= 0.3 is 0 Å². The lowest BCUT2D eigenvalue weighted by Gasteiger charge is -2.31. The number of carbonyl (C=O) groups is 2. The number of anilines is 1. The van der Waals surface area contributed by atoms with Crippen LogP contribution in [0, 0.1) is 30.0 Å². The van der Waals surface area contributed by atoms with Gasteiger partial charge in [-0.2, -0.15) is 5.26 Å². The molecule has 1 aromatic carbocycles. The third kappa shape index (κ3) is 3.94. The molecule has 1 fully saturated rings. The molecule has 1 aliphatic carbocycles. The Bertz CT molecular complexity index is 1060. The maximum atomic E-state index is 15.0. The number of nitrogens with two attached hydrogens (primary N) is 1. The van der Waals surface area contributed by atoms with Gasteiger partial charge in [0.2, 0.25) is 5.91 Å². The van der Waals surface area contributed by atoms with Gasteiger partial charge in [-0.3, -0.25) is 9.59 Å². The number of hydrogen-bond acceptors (Lipinski definition) is 5. The van der Waals surface area contributed by atoms with Crippen molar-refractivity contribution in [2.45, 2.75) is 32.7 Å². The van der Waals surface area contributed by atoms with Crippen LogP contribution < -0.4 is 5.73 Å². The molecule has 0 spiro atoms. The van der Waals surface area contributed by atoms with Gasteiger partial charge in [0.1, 0.15) is 23.3 Å². The van der Waals surface area contributed by atoms with Gasteiger partial charge in [-0.1, -0.05) is 17.7 Å². The van der Waals surface area contributed by atoms with Crippen LogP contribution in [-0.2, 0) is 22.6 Å². The summed E-state index contributed by atoms with van der Waals surface area (Å²) in [6.07, 6.45) is 2.34.